The zero-order valence-corrected chi connectivity index (χ0v) is 14.5. The Morgan fingerprint density at radius 3 is 2.48 bits per heavy atom. The lowest BCUT2D eigenvalue weighted by Crippen LogP contribution is -2.42. The van der Waals surface area contributed by atoms with E-state index < -0.39 is 0 Å². The molecule has 0 bridgehead atoms. The van der Waals surface area contributed by atoms with Gasteiger partial charge in [-0.25, -0.2) is 4.98 Å². The number of aryl methyl sites for hydroxylation is 1. The number of rotatable bonds is 4. The molecule has 2 fully saturated rings. The van der Waals surface area contributed by atoms with Gasteiger partial charge < -0.3 is 14.8 Å². The molecule has 6 heteroatoms. The van der Waals surface area contributed by atoms with Crippen molar-refractivity contribution in [3.63, 3.8) is 0 Å². The van der Waals surface area contributed by atoms with Crippen molar-refractivity contribution in [1.29, 1.82) is 0 Å². The van der Waals surface area contributed by atoms with Crippen LogP contribution in [0.5, 0.6) is 0 Å². The number of aromatic nitrogens is 2. The number of hydrogen-bond acceptors (Lipinski definition) is 3. The molecule has 2 amide bonds. The Kier molecular flexibility index (Phi) is 3.82. The van der Waals surface area contributed by atoms with Gasteiger partial charge in [-0.2, -0.15) is 0 Å². The lowest BCUT2D eigenvalue weighted by Gasteiger charge is -2.23. The predicted molar refractivity (Wildman–Crippen MR) is 94.6 cm³/mol. The van der Waals surface area contributed by atoms with E-state index in [1.165, 1.54) is 0 Å². The molecule has 4 rings (SSSR count). The molecule has 0 spiro atoms. The summed E-state index contributed by atoms with van der Waals surface area (Å²) in [5.74, 6) is 0.0316. The molecular formula is C19H22N4O2. The largest absolute Gasteiger partial charge is 0.328 e. The molecule has 1 saturated heterocycles. The third-order valence-corrected chi connectivity index (χ3v) is 5.16. The van der Waals surface area contributed by atoms with Crippen LogP contribution in [0.25, 0.3) is 5.69 Å². The first-order chi connectivity index (χ1) is 12.0. The molecule has 1 aliphatic carbocycles. The molecule has 1 aliphatic heterocycles. The molecule has 25 heavy (non-hydrogen) atoms. The minimum absolute atomic E-state index is 0.0832. The normalized spacial score (nSPS) is 20.2. The number of imidazole rings is 1. The van der Waals surface area contributed by atoms with E-state index in [-0.39, 0.29) is 23.9 Å². The van der Waals surface area contributed by atoms with Crippen molar-refractivity contribution in [2.24, 2.45) is 0 Å². The van der Waals surface area contributed by atoms with Gasteiger partial charge in [-0.15, -0.1) is 0 Å². The fourth-order valence-corrected chi connectivity index (χ4v) is 3.46. The molecule has 1 saturated carbocycles. The summed E-state index contributed by atoms with van der Waals surface area (Å²) in [6, 6.07) is 7.66. The monoisotopic (exact) mass is 338 g/mol. The molecule has 1 unspecified atom stereocenters. The fourth-order valence-electron chi connectivity index (χ4n) is 3.46. The number of anilines is 1. The van der Waals surface area contributed by atoms with E-state index in [0.717, 1.165) is 35.6 Å². The molecule has 130 valence electrons. The van der Waals surface area contributed by atoms with Gasteiger partial charge in [0, 0.05) is 29.5 Å². The first-order valence-electron chi connectivity index (χ1n) is 8.77. The van der Waals surface area contributed by atoms with Crippen LogP contribution in [0, 0.1) is 13.8 Å². The summed E-state index contributed by atoms with van der Waals surface area (Å²) in [6.45, 7) is 4.01. The number of amides is 2. The van der Waals surface area contributed by atoms with Gasteiger partial charge in [0.15, 0.2) is 0 Å². The minimum atomic E-state index is -0.321. The van der Waals surface area contributed by atoms with Crippen LogP contribution in [0.3, 0.4) is 0 Å². The standard InChI is InChI=1S/C19H22N4O2/c1-12-13(2)22(11-20-12)15-5-3-14(4-6-15)21-19(25)17-9-10-18(24)23(17)16-7-8-16/h3-6,11,16-17H,7-10H2,1-2H3,(H,21,25). The van der Waals surface area contributed by atoms with Crippen molar-refractivity contribution in [2.75, 3.05) is 5.32 Å². The second-order valence-electron chi connectivity index (χ2n) is 6.91. The van der Waals surface area contributed by atoms with Gasteiger partial charge in [-0.1, -0.05) is 0 Å². The Hall–Kier alpha value is -2.63. The van der Waals surface area contributed by atoms with E-state index in [4.69, 9.17) is 0 Å². The van der Waals surface area contributed by atoms with Crippen molar-refractivity contribution in [3.05, 3.63) is 42.0 Å². The summed E-state index contributed by atoms with van der Waals surface area (Å²) in [4.78, 5) is 30.7. The zero-order chi connectivity index (χ0) is 17.6. The summed E-state index contributed by atoms with van der Waals surface area (Å²) in [5.41, 5.74) is 3.86. The van der Waals surface area contributed by atoms with Gasteiger partial charge in [0.05, 0.1) is 12.0 Å². The van der Waals surface area contributed by atoms with Crippen molar-refractivity contribution in [2.45, 2.75) is 51.6 Å². The van der Waals surface area contributed by atoms with E-state index >= 15 is 0 Å². The first-order valence-corrected chi connectivity index (χ1v) is 8.77. The van der Waals surface area contributed by atoms with E-state index in [1.807, 2.05) is 42.7 Å². The molecule has 1 N–H and O–H groups in total. The summed E-state index contributed by atoms with van der Waals surface area (Å²) in [6.07, 6.45) is 4.94. The topological polar surface area (TPSA) is 67.2 Å². The van der Waals surface area contributed by atoms with Crippen LogP contribution in [-0.2, 0) is 9.59 Å². The van der Waals surface area contributed by atoms with E-state index in [9.17, 15) is 9.59 Å². The maximum absolute atomic E-state index is 12.6. The van der Waals surface area contributed by atoms with E-state index in [2.05, 4.69) is 10.3 Å². The lowest BCUT2D eigenvalue weighted by molar-refractivity contribution is -0.133. The maximum Gasteiger partial charge on any atom is 0.247 e. The summed E-state index contributed by atoms with van der Waals surface area (Å²) >= 11 is 0. The molecule has 0 radical (unpaired) electrons. The number of hydrogen-bond donors (Lipinski definition) is 1. The highest BCUT2D eigenvalue weighted by Crippen LogP contribution is 2.34. The van der Waals surface area contributed by atoms with Crippen molar-refractivity contribution < 1.29 is 9.59 Å². The van der Waals surface area contributed by atoms with Gasteiger partial charge in [0.1, 0.15) is 6.04 Å². The van der Waals surface area contributed by atoms with Crippen LogP contribution < -0.4 is 5.32 Å². The predicted octanol–water partition coefficient (Wildman–Crippen LogP) is 2.58. The Morgan fingerprint density at radius 1 is 1.16 bits per heavy atom. The van der Waals surface area contributed by atoms with Crippen molar-refractivity contribution in [1.82, 2.24) is 14.5 Å². The van der Waals surface area contributed by atoms with Crippen LogP contribution in [0.4, 0.5) is 5.69 Å². The molecule has 2 aromatic rings. The van der Waals surface area contributed by atoms with E-state index in [1.54, 1.807) is 11.2 Å². The van der Waals surface area contributed by atoms with Gasteiger partial charge in [-0.05, 0) is 57.4 Å². The highest BCUT2D eigenvalue weighted by atomic mass is 16.2. The van der Waals surface area contributed by atoms with Gasteiger partial charge in [-0.3, -0.25) is 9.59 Å². The lowest BCUT2D eigenvalue weighted by atomic mass is 10.2. The number of nitrogens with zero attached hydrogens (tertiary/aromatic N) is 3. The Morgan fingerprint density at radius 2 is 1.88 bits per heavy atom. The number of nitrogens with one attached hydrogen (secondary N) is 1. The third-order valence-electron chi connectivity index (χ3n) is 5.16. The highest BCUT2D eigenvalue weighted by Gasteiger charge is 2.44. The quantitative estimate of drug-likeness (QED) is 0.932. The molecule has 1 atom stereocenters. The molecular weight excluding hydrogens is 316 g/mol. The summed E-state index contributed by atoms with van der Waals surface area (Å²) < 4.78 is 2.02. The summed E-state index contributed by atoms with van der Waals surface area (Å²) in [5, 5.41) is 2.96. The second-order valence-corrected chi connectivity index (χ2v) is 6.91. The first kappa shape index (κ1) is 15.9. The Balaban J connectivity index is 1.47. The number of carbonyl (C=O) groups is 2. The van der Waals surface area contributed by atoms with Gasteiger partial charge in [0.2, 0.25) is 11.8 Å². The Labute approximate surface area is 146 Å². The van der Waals surface area contributed by atoms with Gasteiger partial charge >= 0.3 is 0 Å². The van der Waals surface area contributed by atoms with E-state index in [0.29, 0.717) is 12.8 Å². The molecule has 2 heterocycles. The van der Waals surface area contributed by atoms with Crippen LogP contribution >= 0.6 is 0 Å². The number of carbonyl (C=O) groups excluding carboxylic acids is 2. The maximum atomic E-state index is 12.6. The zero-order valence-electron chi connectivity index (χ0n) is 14.5. The highest BCUT2D eigenvalue weighted by molar-refractivity contribution is 5.99. The van der Waals surface area contributed by atoms with Crippen LogP contribution in [0.2, 0.25) is 0 Å². The van der Waals surface area contributed by atoms with Crippen LogP contribution in [-0.4, -0.2) is 38.3 Å². The van der Waals surface area contributed by atoms with Crippen LogP contribution in [0.1, 0.15) is 37.1 Å². The smallest absolute Gasteiger partial charge is 0.247 e. The molecule has 2 aliphatic rings. The fraction of sp³-hybridized carbons (Fsp3) is 0.421. The number of benzene rings is 1. The van der Waals surface area contributed by atoms with Crippen molar-refractivity contribution in [3.8, 4) is 5.69 Å². The molecule has 1 aromatic heterocycles. The Bertz CT molecular complexity index is 820. The average Bonchev–Trinajstić information content (AvgIpc) is 3.29. The van der Waals surface area contributed by atoms with Crippen LogP contribution in [0.15, 0.2) is 30.6 Å². The summed E-state index contributed by atoms with van der Waals surface area (Å²) in [7, 11) is 0. The SMILES string of the molecule is Cc1ncn(-c2ccc(NC(=O)C3CCC(=O)N3C3CC3)cc2)c1C. The van der Waals surface area contributed by atoms with Gasteiger partial charge in [0.25, 0.3) is 0 Å². The second kappa shape index (κ2) is 6.02. The molecule has 1 aromatic carbocycles. The van der Waals surface area contributed by atoms with Crippen molar-refractivity contribution >= 4 is 17.5 Å². The minimum Gasteiger partial charge on any atom is -0.328 e. The third kappa shape index (κ3) is 2.92. The molecule has 6 nitrogen and oxygen atoms in total. The number of likely N-dealkylation sites (tertiary alicyclic amines) is 1. The average molecular weight is 338 g/mol.